The van der Waals surface area contributed by atoms with Crippen LogP contribution in [0.25, 0.3) is 0 Å². The van der Waals surface area contributed by atoms with Crippen molar-refractivity contribution in [1.29, 1.82) is 0 Å². The standard InChI is InChI=1S/C22H37O4/c1-5-9-15-23-19-13-14-20(24-16-10-6-2)22(26-18-12-8-4)21(19)25-17-11-7-3/h13H,5-12,15-18H2,1-4H3. The molecule has 0 saturated carbocycles. The summed E-state index contributed by atoms with van der Waals surface area (Å²) < 4.78 is 24.0. The molecule has 1 rings (SSSR count). The predicted octanol–water partition coefficient (Wildman–Crippen LogP) is 6.20. The van der Waals surface area contributed by atoms with E-state index in [4.69, 9.17) is 18.9 Å². The fourth-order valence-corrected chi connectivity index (χ4v) is 2.24. The highest BCUT2D eigenvalue weighted by Gasteiger charge is 2.19. The Labute approximate surface area is 160 Å². The van der Waals surface area contributed by atoms with Crippen LogP contribution in [0.4, 0.5) is 0 Å². The molecule has 0 aromatic heterocycles. The summed E-state index contributed by atoms with van der Waals surface area (Å²) in [7, 11) is 0. The first-order valence-electron chi connectivity index (χ1n) is 10.4. The van der Waals surface area contributed by atoms with Gasteiger partial charge < -0.3 is 18.9 Å². The Balaban J connectivity index is 3.04. The lowest BCUT2D eigenvalue weighted by Gasteiger charge is -2.19. The highest BCUT2D eigenvalue weighted by atomic mass is 16.6. The molecule has 0 bridgehead atoms. The van der Waals surface area contributed by atoms with E-state index in [0.717, 1.165) is 51.4 Å². The largest absolute Gasteiger partial charge is 0.490 e. The van der Waals surface area contributed by atoms with E-state index in [1.807, 2.05) is 6.07 Å². The van der Waals surface area contributed by atoms with Crippen molar-refractivity contribution >= 4 is 0 Å². The Morgan fingerprint density at radius 2 is 1.08 bits per heavy atom. The molecule has 26 heavy (non-hydrogen) atoms. The number of hydrogen-bond acceptors (Lipinski definition) is 4. The molecule has 4 heteroatoms. The number of hydrogen-bond donors (Lipinski definition) is 0. The topological polar surface area (TPSA) is 36.9 Å². The zero-order valence-corrected chi connectivity index (χ0v) is 17.2. The molecule has 0 aliphatic carbocycles. The van der Waals surface area contributed by atoms with E-state index in [-0.39, 0.29) is 0 Å². The molecule has 1 aromatic rings. The van der Waals surface area contributed by atoms with E-state index in [1.54, 1.807) is 0 Å². The fourth-order valence-electron chi connectivity index (χ4n) is 2.24. The molecule has 1 radical (unpaired) electrons. The SMILES string of the molecule is CCCCOc1[c]cc(OCCCC)c(OCCCC)c1OCCCC. The quantitative estimate of drug-likeness (QED) is 0.327. The Morgan fingerprint density at radius 1 is 0.615 bits per heavy atom. The number of rotatable bonds is 16. The van der Waals surface area contributed by atoms with E-state index in [0.29, 0.717) is 49.4 Å². The monoisotopic (exact) mass is 365 g/mol. The molecule has 0 atom stereocenters. The van der Waals surface area contributed by atoms with Gasteiger partial charge in [0.1, 0.15) is 0 Å². The van der Waals surface area contributed by atoms with Crippen molar-refractivity contribution in [3.8, 4) is 23.0 Å². The third-order valence-electron chi connectivity index (χ3n) is 3.96. The summed E-state index contributed by atoms with van der Waals surface area (Å²) in [5, 5.41) is 0. The summed E-state index contributed by atoms with van der Waals surface area (Å²) in [6.45, 7) is 11.2. The maximum absolute atomic E-state index is 6.07. The van der Waals surface area contributed by atoms with Gasteiger partial charge in [0.05, 0.1) is 26.4 Å². The minimum Gasteiger partial charge on any atom is -0.490 e. The Bertz CT molecular complexity index is 430. The summed E-state index contributed by atoms with van der Waals surface area (Å²) >= 11 is 0. The average Bonchev–Trinajstić information content (AvgIpc) is 2.65. The first kappa shape index (κ1) is 22.5. The first-order valence-corrected chi connectivity index (χ1v) is 10.4. The average molecular weight is 366 g/mol. The van der Waals surface area contributed by atoms with Crippen LogP contribution < -0.4 is 18.9 Å². The highest BCUT2D eigenvalue weighted by Crippen LogP contribution is 2.44. The van der Waals surface area contributed by atoms with Crippen molar-refractivity contribution < 1.29 is 18.9 Å². The first-order chi connectivity index (χ1) is 12.8. The van der Waals surface area contributed by atoms with Gasteiger partial charge in [-0.2, -0.15) is 0 Å². The van der Waals surface area contributed by atoms with Crippen LogP contribution in [0.3, 0.4) is 0 Å². The number of ether oxygens (including phenoxy) is 4. The van der Waals surface area contributed by atoms with Crippen LogP contribution in [-0.4, -0.2) is 26.4 Å². The molecule has 0 spiro atoms. The van der Waals surface area contributed by atoms with E-state index >= 15 is 0 Å². The Kier molecular flexibility index (Phi) is 12.6. The van der Waals surface area contributed by atoms with Crippen LogP contribution in [0.15, 0.2) is 6.07 Å². The molecule has 4 nitrogen and oxygen atoms in total. The molecule has 0 fully saturated rings. The van der Waals surface area contributed by atoms with Crippen molar-refractivity contribution in [2.24, 2.45) is 0 Å². The van der Waals surface area contributed by atoms with Gasteiger partial charge in [-0.25, -0.2) is 0 Å². The van der Waals surface area contributed by atoms with E-state index in [2.05, 4.69) is 33.8 Å². The second-order valence-electron chi connectivity index (χ2n) is 6.45. The van der Waals surface area contributed by atoms with E-state index in [9.17, 15) is 0 Å². The highest BCUT2D eigenvalue weighted by molar-refractivity contribution is 5.58. The molecular formula is C22H37O4. The smallest absolute Gasteiger partial charge is 0.208 e. The van der Waals surface area contributed by atoms with Crippen LogP contribution in [-0.2, 0) is 0 Å². The third-order valence-corrected chi connectivity index (χ3v) is 3.96. The molecule has 0 aliphatic heterocycles. The van der Waals surface area contributed by atoms with Crippen molar-refractivity contribution in [2.45, 2.75) is 79.1 Å². The predicted molar refractivity (Wildman–Crippen MR) is 107 cm³/mol. The maximum atomic E-state index is 6.07. The second kappa shape index (κ2) is 14.6. The molecule has 0 unspecified atom stereocenters. The Morgan fingerprint density at radius 3 is 1.62 bits per heavy atom. The zero-order chi connectivity index (χ0) is 19.0. The van der Waals surface area contributed by atoms with Gasteiger partial charge in [0.15, 0.2) is 11.5 Å². The fraction of sp³-hybridized carbons (Fsp3) is 0.727. The maximum Gasteiger partial charge on any atom is 0.208 e. The molecule has 149 valence electrons. The van der Waals surface area contributed by atoms with Gasteiger partial charge in [-0.3, -0.25) is 0 Å². The zero-order valence-electron chi connectivity index (χ0n) is 17.2. The van der Waals surface area contributed by atoms with Gasteiger partial charge in [-0.05, 0) is 31.7 Å². The molecule has 0 N–H and O–H groups in total. The van der Waals surface area contributed by atoms with Crippen LogP contribution in [0.5, 0.6) is 23.0 Å². The number of unbranched alkanes of at least 4 members (excludes halogenated alkanes) is 4. The molecule has 1 aromatic carbocycles. The van der Waals surface area contributed by atoms with Gasteiger partial charge in [0, 0.05) is 6.07 Å². The molecule has 0 saturated heterocycles. The third kappa shape index (κ3) is 8.20. The molecule has 0 amide bonds. The molecule has 0 aliphatic rings. The van der Waals surface area contributed by atoms with Crippen LogP contribution in [0, 0.1) is 6.07 Å². The van der Waals surface area contributed by atoms with Gasteiger partial charge in [0.25, 0.3) is 0 Å². The summed E-state index contributed by atoms with van der Waals surface area (Å²) in [5.41, 5.74) is 0. The lowest BCUT2D eigenvalue weighted by molar-refractivity contribution is 0.221. The van der Waals surface area contributed by atoms with Crippen LogP contribution in [0.2, 0.25) is 0 Å². The minimum absolute atomic E-state index is 0.629. The van der Waals surface area contributed by atoms with Gasteiger partial charge in [0.2, 0.25) is 11.5 Å². The molecular weight excluding hydrogens is 328 g/mol. The summed E-state index contributed by atoms with van der Waals surface area (Å²) in [4.78, 5) is 0. The lowest BCUT2D eigenvalue weighted by Crippen LogP contribution is -2.08. The van der Waals surface area contributed by atoms with Crippen molar-refractivity contribution in [2.75, 3.05) is 26.4 Å². The van der Waals surface area contributed by atoms with Gasteiger partial charge in [-0.1, -0.05) is 53.4 Å². The van der Waals surface area contributed by atoms with Gasteiger partial charge >= 0.3 is 0 Å². The van der Waals surface area contributed by atoms with Crippen LogP contribution in [0.1, 0.15) is 79.1 Å². The van der Waals surface area contributed by atoms with Crippen molar-refractivity contribution in [1.82, 2.24) is 0 Å². The lowest BCUT2D eigenvalue weighted by atomic mass is 10.2. The van der Waals surface area contributed by atoms with Crippen molar-refractivity contribution in [3.05, 3.63) is 12.1 Å². The second-order valence-corrected chi connectivity index (χ2v) is 6.45. The normalized spacial score (nSPS) is 10.6. The minimum atomic E-state index is 0.629. The summed E-state index contributed by atoms with van der Waals surface area (Å²) in [5.74, 6) is 2.63. The van der Waals surface area contributed by atoms with Crippen molar-refractivity contribution in [3.63, 3.8) is 0 Å². The van der Waals surface area contributed by atoms with E-state index < -0.39 is 0 Å². The van der Waals surface area contributed by atoms with E-state index in [1.165, 1.54) is 0 Å². The van der Waals surface area contributed by atoms with Gasteiger partial charge in [-0.15, -0.1) is 0 Å². The Hall–Kier alpha value is -1.58. The number of benzene rings is 1. The summed E-state index contributed by atoms with van der Waals surface area (Å²) in [6.07, 6.45) is 8.33. The molecule has 0 heterocycles. The summed E-state index contributed by atoms with van der Waals surface area (Å²) in [6, 6.07) is 5.02. The van der Waals surface area contributed by atoms with Crippen LogP contribution >= 0.6 is 0 Å².